The molecule has 0 saturated carbocycles. The third kappa shape index (κ3) is 1.01. The van der Waals surface area contributed by atoms with E-state index in [9.17, 15) is 9.90 Å². The first-order valence-electron chi connectivity index (χ1n) is 4.65. The highest BCUT2D eigenvalue weighted by atomic mass is 16.3. The zero-order chi connectivity index (χ0) is 10.4. The molecule has 0 saturated heterocycles. The molecule has 0 spiro atoms. The number of benzene rings is 1. The molecule has 4 heteroatoms. The molecule has 0 fully saturated rings. The number of nitrogens with one attached hydrogen (secondary N) is 1. The van der Waals surface area contributed by atoms with Crippen molar-refractivity contribution in [2.45, 2.75) is 6.54 Å². The van der Waals surface area contributed by atoms with Crippen LogP contribution in [0.25, 0.3) is 10.9 Å². The Morgan fingerprint density at radius 1 is 1.47 bits per heavy atom. The van der Waals surface area contributed by atoms with Crippen LogP contribution in [0.1, 0.15) is 15.9 Å². The molecule has 1 aromatic carbocycles. The third-order valence-corrected chi connectivity index (χ3v) is 2.62. The highest BCUT2D eigenvalue weighted by Gasteiger charge is 2.24. The number of carbonyl (C=O) groups excluding carboxylic acids is 1. The van der Waals surface area contributed by atoms with E-state index < -0.39 is 0 Å². The van der Waals surface area contributed by atoms with Gasteiger partial charge in [-0.25, -0.2) is 0 Å². The molecule has 2 heterocycles. The van der Waals surface area contributed by atoms with Crippen molar-refractivity contribution >= 4 is 16.8 Å². The molecule has 0 atom stereocenters. The maximum atomic E-state index is 11.4. The lowest BCUT2D eigenvalue weighted by atomic mass is 10.0. The van der Waals surface area contributed by atoms with Gasteiger partial charge in [-0.15, -0.1) is 0 Å². The van der Waals surface area contributed by atoms with Crippen LogP contribution in [0.2, 0.25) is 0 Å². The SMILES string of the molecule is O=C1NCc2cc3cccnc3c(O)c21. The summed E-state index contributed by atoms with van der Waals surface area (Å²) in [5.74, 6) is -0.242. The number of rotatable bonds is 0. The standard InChI is InChI=1S/C11H8N2O2/c14-10-8-7(5-13-11(8)15)4-6-2-1-3-12-9(6)10/h1-4,14H,5H2,(H,13,15). The molecule has 1 aromatic heterocycles. The Labute approximate surface area is 85.6 Å². The fourth-order valence-electron chi connectivity index (χ4n) is 1.92. The van der Waals surface area contributed by atoms with E-state index in [4.69, 9.17) is 0 Å². The second-order valence-corrected chi connectivity index (χ2v) is 3.52. The number of aromatic nitrogens is 1. The van der Waals surface area contributed by atoms with Crippen LogP contribution in [0.5, 0.6) is 5.75 Å². The summed E-state index contributed by atoms with van der Waals surface area (Å²) in [6.45, 7) is 0.479. The summed E-state index contributed by atoms with van der Waals surface area (Å²) < 4.78 is 0. The summed E-state index contributed by atoms with van der Waals surface area (Å²) in [7, 11) is 0. The molecule has 15 heavy (non-hydrogen) atoms. The maximum Gasteiger partial charge on any atom is 0.255 e. The van der Waals surface area contributed by atoms with Crippen molar-refractivity contribution in [3.05, 3.63) is 35.5 Å². The summed E-state index contributed by atoms with van der Waals surface area (Å²) in [5.41, 5.74) is 1.67. The normalized spacial score (nSPS) is 14.0. The number of pyridine rings is 1. The molecule has 1 aliphatic heterocycles. The smallest absolute Gasteiger partial charge is 0.255 e. The van der Waals surface area contributed by atoms with Crippen LogP contribution in [0.4, 0.5) is 0 Å². The van der Waals surface area contributed by atoms with Gasteiger partial charge in [0, 0.05) is 18.1 Å². The highest BCUT2D eigenvalue weighted by Crippen LogP contribution is 2.32. The number of carbonyl (C=O) groups is 1. The van der Waals surface area contributed by atoms with E-state index >= 15 is 0 Å². The summed E-state index contributed by atoms with van der Waals surface area (Å²) >= 11 is 0. The van der Waals surface area contributed by atoms with Gasteiger partial charge in [0.15, 0.2) is 5.75 Å². The number of hydrogen-bond donors (Lipinski definition) is 2. The molecule has 2 N–H and O–H groups in total. The molecule has 0 bridgehead atoms. The number of phenolic OH excluding ortho intramolecular Hbond substituents is 1. The quantitative estimate of drug-likeness (QED) is 0.671. The molecular weight excluding hydrogens is 192 g/mol. The average molecular weight is 200 g/mol. The van der Waals surface area contributed by atoms with Crippen LogP contribution in [-0.2, 0) is 6.54 Å². The van der Waals surface area contributed by atoms with Crippen molar-refractivity contribution in [1.82, 2.24) is 10.3 Å². The Morgan fingerprint density at radius 2 is 2.33 bits per heavy atom. The number of aromatic hydroxyl groups is 1. The molecule has 74 valence electrons. The fourth-order valence-corrected chi connectivity index (χ4v) is 1.92. The number of fused-ring (bicyclic) bond motifs is 2. The van der Waals surface area contributed by atoms with Gasteiger partial charge in [-0.05, 0) is 17.7 Å². The largest absolute Gasteiger partial charge is 0.505 e. The first-order valence-corrected chi connectivity index (χ1v) is 4.65. The van der Waals surface area contributed by atoms with E-state index in [0.717, 1.165) is 10.9 Å². The van der Waals surface area contributed by atoms with Crippen molar-refractivity contribution in [2.75, 3.05) is 0 Å². The van der Waals surface area contributed by atoms with Crippen molar-refractivity contribution in [3.8, 4) is 5.75 Å². The monoisotopic (exact) mass is 200 g/mol. The Bertz CT molecular complexity index is 578. The van der Waals surface area contributed by atoms with Gasteiger partial charge in [0.05, 0.1) is 5.56 Å². The second kappa shape index (κ2) is 2.70. The first-order chi connectivity index (χ1) is 7.27. The first kappa shape index (κ1) is 8.23. The Hall–Kier alpha value is -2.10. The minimum atomic E-state index is -0.227. The van der Waals surface area contributed by atoms with Gasteiger partial charge in [-0.2, -0.15) is 0 Å². The van der Waals surface area contributed by atoms with Crippen LogP contribution in [0.15, 0.2) is 24.4 Å². The van der Waals surface area contributed by atoms with Crippen LogP contribution >= 0.6 is 0 Å². The van der Waals surface area contributed by atoms with Crippen molar-refractivity contribution < 1.29 is 9.90 Å². The Balaban J connectivity index is 2.46. The molecule has 0 unspecified atom stereocenters. The van der Waals surface area contributed by atoms with Crippen LogP contribution in [0.3, 0.4) is 0 Å². The van der Waals surface area contributed by atoms with Gasteiger partial charge in [0.25, 0.3) is 5.91 Å². The second-order valence-electron chi connectivity index (χ2n) is 3.52. The lowest BCUT2D eigenvalue weighted by Crippen LogP contribution is -2.12. The summed E-state index contributed by atoms with van der Waals surface area (Å²) in [6.07, 6.45) is 1.60. The molecule has 3 rings (SSSR count). The van der Waals surface area contributed by atoms with Crippen molar-refractivity contribution in [1.29, 1.82) is 0 Å². The summed E-state index contributed by atoms with van der Waals surface area (Å²) in [6, 6.07) is 5.55. The molecule has 1 amide bonds. The molecule has 2 aromatic rings. The van der Waals surface area contributed by atoms with Crippen LogP contribution in [-0.4, -0.2) is 16.0 Å². The summed E-state index contributed by atoms with van der Waals surface area (Å²) in [4.78, 5) is 15.5. The highest BCUT2D eigenvalue weighted by molar-refractivity contribution is 6.06. The number of nitrogens with zero attached hydrogens (tertiary/aromatic N) is 1. The van der Waals surface area contributed by atoms with Gasteiger partial charge < -0.3 is 10.4 Å². The van der Waals surface area contributed by atoms with Crippen LogP contribution < -0.4 is 5.32 Å². The lowest BCUT2D eigenvalue weighted by molar-refractivity contribution is 0.0963. The third-order valence-electron chi connectivity index (χ3n) is 2.62. The van der Waals surface area contributed by atoms with Crippen molar-refractivity contribution in [3.63, 3.8) is 0 Å². The Kier molecular flexibility index (Phi) is 1.48. The van der Waals surface area contributed by atoms with Gasteiger partial charge in [-0.3, -0.25) is 9.78 Å². The fraction of sp³-hybridized carbons (Fsp3) is 0.0909. The van der Waals surface area contributed by atoms with E-state index in [2.05, 4.69) is 10.3 Å². The zero-order valence-electron chi connectivity index (χ0n) is 7.82. The maximum absolute atomic E-state index is 11.4. The van der Waals surface area contributed by atoms with E-state index in [1.54, 1.807) is 12.3 Å². The predicted molar refractivity (Wildman–Crippen MR) is 54.6 cm³/mol. The molecular formula is C11H8N2O2. The van der Waals surface area contributed by atoms with E-state index in [-0.39, 0.29) is 11.7 Å². The molecule has 0 radical (unpaired) electrons. The molecule has 0 aliphatic carbocycles. The average Bonchev–Trinajstić information content (AvgIpc) is 2.61. The topological polar surface area (TPSA) is 62.2 Å². The van der Waals surface area contributed by atoms with Crippen LogP contribution in [0, 0.1) is 0 Å². The zero-order valence-corrected chi connectivity index (χ0v) is 7.82. The van der Waals surface area contributed by atoms with E-state index in [1.165, 1.54) is 0 Å². The minimum Gasteiger partial charge on any atom is -0.505 e. The van der Waals surface area contributed by atoms with E-state index in [0.29, 0.717) is 17.6 Å². The molecule has 1 aliphatic rings. The predicted octanol–water partition coefficient (Wildman–Crippen LogP) is 1.18. The van der Waals surface area contributed by atoms with E-state index in [1.807, 2.05) is 12.1 Å². The minimum absolute atomic E-state index is 0.0156. The summed E-state index contributed by atoms with van der Waals surface area (Å²) in [5, 5.41) is 13.4. The number of amides is 1. The van der Waals surface area contributed by atoms with Gasteiger partial charge in [0.1, 0.15) is 5.52 Å². The molecule has 4 nitrogen and oxygen atoms in total. The van der Waals surface area contributed by atoms with Gasteiger partial charge >= 0.3 is 0 Å². The van der Waals surface area contributed by atoms with Crippen molar-refractivity contribution in [2.24, 2.45) is 0 Å². The van der Waals surface area contributed by atoms with Gasteiger partial charge in [-0.1, -0.05) is 6.07 Å². The number of hydrogen-bond acceptors (Lipinski definition) is 3. The Morgan fingerprint density at radius 3 is 3.20 bits per heavy atom. The lowest BCUT2D eigenvalue weighted by Gasteiger charge is -2.03. The van der Waals surface area contributed by atoms with Gasteiger partial charge in [0.2, 0.25) is 0 Å². The number of phenols is 1.